The highest BCUT2D eigenvalue weighted by atomic mass is 79.9. The van der Waals surface area contributed by atoms with E-state index in [9.17, 15) is 32.3 Å². The number of nitrogens with one attached hydrogen (secondary N) is 4. The van der Waals surface area contributed by atoms with Crippen LogP contribution in [0.2, 0.25) is 0 Å². The molecule has 47 heteroatoms. The second kappa shape index (κ2) is 43.8. The Morgan fingerprint density at radius 3 is 1.08 bits per heavy atom. The van der Waals surface area contributed by atoms with Crippen molar-refractivity contribution in [1.29, 1.82) is 0 Å². The highest BCUT2D eigenvalue weighted by Gasteiger charge is 2.38. The van der Waals surface area contributed by atoms with E-state index < -0.39 is 58.9 Å². The molecule has 0 fully saturated rings. The van der Waals surface area contributed by atoms with E-state index in [-0.39, 0.29) is 5.82 Å². The molecule has 11 aromatic heterocycles. The number of aliphatic carboxylic acids is 1. The van der Waals surface area contributed by atoms with Gasteiger partial charge in [-0.15, -0.1) is 0 Å². The molecule has 0 unspecified atom stereocenters. The predicted octanol–water partition coefficient (Wildman–Crippen LogP) is 16.8. The average molecular weight is 1920 g/mol. The number of halogens is 4. The van der Waals surface area contributed by atoms with Crippen molar-refractivity contribution < 1.29 is 83.8 Å². The van der Waals surface area contributed by atoms with Crippen LogP contribution in [0.25, 0.3) is 110 Å². The van der Waals surface area contributed by atoms with Gasteiger partial charge in [0, 0.05) is 40.6 Å². The first-order chi connectivity index (χ1) is 63.2. The smallest absolute Gasteiger partial charge is 0.475 e. The molecule has 712 valence electrons. The van der Waals surface area contributed by atoms with Crippen LogP contribution in [-0.2, 0) is 43.4 Å². The number of carbonyl (C=O) groups excluding carboxylic acids is 4. The zero-order valence-corrected chi connectivity index (χ0v) is 77.8. The van der Waals surface area contributed by atoms with E-state index in [4.69, 9.17) is 102 Å². The number of nitrogens with zero attached hydrogens (tertiary/aromatic N) is 17. The zero-order valence-electron chi connectivity index (χ0n) is 76.2. The number of carboxylic acid groups (broad SMARTS) is 1. The number of carbonyl (C=O) groups is 5. The monoisotopic (exact) mass is 1920 g/mol. The Bertz CT molecular complexity index is 6370. The van der Waals surface area contributed by atoms with Gasteiger partial charge in [-0.1, -0.05) is 66.0 Å². The summed E-state index contributed by atoms with van der Waals surface area (Å²) in [6.07, 6.45) is 2.36. The third-order valence-corrected chi connectivity index (χ3v) is 18.7. The molecule has 134 heavy (non-hydrogen) atoms. The topological polar surface area (TPSA) is 634 Å². The third-order valence-electron chi connectivity index (χ3n) is 18.3. The fourth-order valence-corrected chi connectivity index (χ4v) is 12.8. The molecule has 5 aromatic carbocycles. The van der Waals surface area contributed by atoms with Crippen molar-refractivity contribution in [3.05, 3.63) is 131 Å². The van der Waals surface area contributed by atoms with Crippen LogP contribution in [0.1, 0.15) is 138 Å². The van der Waals surface area contributed by atoms with Gasteiger partial charge in [-0.2, -0.15) is 28.5 Å². The lowest BCUT2D eigenvalue weighted by atomic mass is 10.1. The molecule has 0 aliphatic heterocycles. The normalized spacial score (nSPS) is 11.6. The van der Waals surface area contributed by atoms with Crippen LogP contribution in [0.3, 0.4) is 0 Å². The maximum Gasteiger partial charge on any atom is 0.490 e. The number of unbranched alkanes of at least 4 members (excludes halogenated alkanes) is 3. The van der Waals surface area contributed by atoms with E-state index in [1.807, 2.05) is 115 Å². The number of nitrogens with two attached hydrogens (primary N) is 7. The Balaban J connectivity index is 0.000000165. The summed E-state index contributed by atoms with van der Waals surface area (Å²) >= 11 is 3.33. The van der Waals surface area contributed by atoms with Gasteiger partial charge >= 0.3 is 36.5 Å². The van der Waals surface area contributed by atoms with Crippen molar-refractivity contribution in [2.75, 3.05) is 63.8 Å². The molecule has 4 amide bonds. The summed E-state index contributed by atoms with van der Waals surface area (Å²) in [7, 11) is 0. The van der Waals surface area contributed by atoms with Crippen molar-refractivity contribution in [3.63, 3.8) is 0 Å². The molecule has 19 N–H and O–H groups in total. The largest absolute Gasteiger partial charge is 0.490 e. The van der Waals surface area contributed by atoms with Gasteiger partial charge in [0.25, 0.3) is 0 Å². The zero-order chi connectivity index (χ0) is 97.9. The predicted molar refractivity (Wildman–Crippen MR) is 502 cm³/mol. The molecule has 16 aromatic rings. The molecule has 0 aliphatic rings. The molecule has 43 nitrogen and oxygen atoms in total. The van der Waals surface area contributed by atoms with Gasteiger partial charge in [0.05, 0.1) is 38.0 Å². The highest BCUT2D eigenvalue weighted by molar-refractivity contribution is 9.10. The Hall–Kier alpha value is -15.0. The molecule has 0 atom stereocenters. The van der Waals surface area contributed by atoms with Crippen LogP contribution >= 0.6 is 15.9 Å². The highest BCUT2D eigenvalue weighted by Crippen LogP contribution is 2.37. The lowest BCUT2D eigenvalue weighted by Crippen LogP contribution is -2.27. The summed E-state index contributed by atoms with van der Waals surface area (Å²) in [6.45, 7) is 31.4. The number of rotatable bonds is 18. The Morgan fingerprint density at radius 2 is 0.701 bits per heavy atom. The molecule has 0 radical (unpaired) electrons. The molecule has 0 bridgehead atoms. The molecule has 0 saturated carbocycles. The number of fused-ring (bicyclic) bond motifs is 8. The van der Waals surface area contributed by atoms with Crippen LogP contribution in [-0.4, -0.2) is 169 Å². The lowest BCUT2D eigenvalue weighted by molar-refractivity contribution is -0.192. The SMILES string of the molecule is CC(C)(C)OC(=O)Nc1nn(CCCCN)c2ncnc(N)c12.CC(C)(C)OC(=O)Nc1noc2cc(Br)ccc12.Cc1ccc2c(NC(=O)OC(C)(C)C)noc2c1.Cc1ccc2c(NC(=O)OC(C)(C)C)noc2c1.Cc1noc2cc(-c3nn(CCCCN)c4ncnc(N)c34)ccc12.NCCCCn1nc(-c2ccc3c(N)noc3c2)c2c(N)ncnc21.O=C(O)C(F)(F)F. The van der Waals surface area contributed by atoms with Crippen molar-refractivity contribution >= 4 is 181 Å². The van der Waals surface area contributed by atoms with Crippen molar-refractivity contribution in [2.24, 2.45) is 17.2 Å². The number of nitrogen functional groups attached to an aromatic ring is 4. The molecule has 16 rings (SSSR count). The van der Waals surface area contributed by atoms with Crippen molar-refractivity contribution in [3.8, 4) is 22.5 Å². The van der Waals surface area contributed by atoms with Gasteiger partial charge in [-0.05, 0) is 240 Å². The third kappa shape index (κ3) is 27.8. The van der Waals surface area contributed by atoms with E-state index in [0.717, 1.165) is 132 Å². The van der Waals surface area contributed by atoms with Crippen molar-refractivity contribution in [1.82, 2.24) is 85.0 Å². The van der Waals surface area contributed by atoms with Crippen LogP contribution in [0, 0.1) is 20.8 Å². The number of anilines is 8. The van der Waals surface area contributed by atoms with E-state index in [0.29, 0.717) is 118 Å². The number of aromatic nitrogens is 17. The average Bonchev–Trinajstić information content (AvgIpc) is 1.62. The van der Waals surface area contributed by atoms with Gasteiger partial charge in [0.1, 0.15) is 75.6 Å². The fraction of sp³-hybridized carbons (Fsp3) is 0.368. The molecule has 0 aliphatic carbocycles. The van der Waals surface area contributed by atoms with E-state index in [1.165, 1.54) is 19.0 Å². The molecule has 0 saturated heterocycles. The second-order valence-corrected chi connectivity index (χ2v) is 34.8. The summed E-state index contributed by atoms with van der Waals surface area (Å²) in [5, 5.41) is 56.5. The number of hydrogen-bond donors (Lipinski definition) is 12. The van der Waals surface area contributed by atoms with E-state index in [1.54, 1.807) is 93.8 Å². The number of ether oxygens (including phenoxy) is 4. The molecular weight excluding hydrogens is 1810 g/mol. The number of amides is 4. The van der Waals surface area contributed by atoms with Crippen LogP contribution in [0.4, 0.5) is 78.9 Å². The second-order valence-electron chi connectivity index (χ2n) is 33.9. The lowest BCUT2D eigenvalue weighted by Gasteiger charge is -2.19. The van der Waals surface area contributed by atoms with E-state index in [2.05, 4.69) is 98.0 Å². The summed E-state index contributed by atoms with van der Waals surface area (Å²) < 4.78 is 84.7. The first-order valence-corrected chi connectivity index (χ1v) is 42.6. The summed E-state index contributed by atoms with van der Waals surface area (Å²) in [5.74, 6) is 0.0618. The maximum absolute atomic E-state index is 12.0. The number of hydrogen-bond acceptors (Lipinski definition) is 35. The number of aryl methyl sites for hydroxylation is 6. The Morgan fingerprint density at radius 1 is 0.388 bits per heavy atom. The minimum absolute atomic E-state index is 0.256. The molecule has 0 spiro atoms. The quantitative estimate of drug-likeness (QED) is 0.0280. The first-order valence-electron chi connectivity index (χ1n) is 41.8. The number of benzene rings is 5. The minimum Gasteiger partial charge on any atom is -0.475 e. The minimum atomic E-state index is -5.08. The first kappa shape index (κ1) is 101. The molecule has 11 heterocycles. The fourth-order valence-electron chi connectivity index (χ4n) is 12.5. The number of carboxylic acids is 1. The van der Waals surface area contributed by atoms with Crippen LogP contribution < -0.4 is 61.4 Å². The van der Waals surface area contributed by atoms with Gasteiger partial charge < -0.3 is 86.8 Å². The standard InChI is InChI=1S/C17H19N7O.C16H18N8O.C14H23N7O2.2C13H16N2O3.C12H13BrN2O3.C2HF3O2/c1-10-12-5-4-11(8-13(12)25-23-10)15-14-16(19)20-9-21-17(14)24(22-15)7-3-2-6-18;17-5-1-2-6-24-16-12(15(19)20-8-21-16)13(22-24)9-3-4-10-11(7-9)25-23-14(10)18;1-14(2,3)23-13(22)19-11-9-10(16)17-8-18-12(9)21(20-11)7-5-4-6-15;2*1-8-5-6-9-10(7-8)18-15-11(9)14-12(16)17-13(2,3)4;1-12(2,3)17-11(16)14-10-8-5-4-7(13)6-9(8)18-15-10;3-2(4,5)1(6)7/h4-5,8-9H,2-3,6-7,18H2,1H3,(H2,19,20,21);3-4,7-8H,1-2,5-6,17H2,(H2,18,23)(H2,19,20,21);8H,4-7,15H2,1-3H3,(H2,16,17,18)(H,19,20,22);2*5-7H,1-4H3,(H,14,15,16);4-6H,1-3H3,(H,14,15,16);(H,6,7). The number of alkyl halides is 3. The van der Waals surface area contributed by atoms with E-state index >= 15 is 0 Å². The maximum atomic E-state index is 12.0. The summed E-state index contributed by atoms with van der Waals surface area (Å²) in [6, 6.07) is 28.2. The Labute approximate surface area is 771 Å². The molecular formula is C87H106BrF3N28O15. The van der Waals surface area contributed by atoms with Crippen LogP contribution in [0.15, 0.2) is 137 Å². The summed E-state index contributed by atoms with van der Waals surface area (Å²) in [5.41, 5.74) is 49.7. The van der Waals surface area contributed by atoms with Gasteiger partial charge in [-0.25, -0.2) is 67.9 Å². The van der Waals surface area contributed by atoms with Gasteiger partial charge in [0.2, 0.25) is 0 Å². The summed E-state index contributed by atoms with van der Waals surface area (Å²) in [4.78, 5) is 80.9. The van der Waals surface area contributed by atoms with Gasteiger partial charge in [-0.3, -0.25) is 21.3 Å². The van der Waals surface area contributed by atoms with Crippen molar-refractivity contribution in [2.45, 2.75) is 191 Å². The van der Waals surface area contributed by atoms with Gasteiger partial charge in [0.15, 0.2) is 73.9 Å². The van der Waals surface area contributed by atoms with Crippen LogP contribution in [0.5, 0.6) is 0 Å². The Kier molecular flexibility index (Phi) is 33.1.